The standard InChI is InChI=1S/C16H17N3O3S2/c20-15-14(10-12-5-4-6-13(9-12)19(21)22)24-16(23)18(15)11-17-7-2-1-3-8-17/h4-6,9-10H,1-3,7-8,11H2/b14-10-. The average Bonchev–Trinajstić information content (AvgIpc) is 2.83. The molecule has 0 aromatic heterocycles. The van der Waals surface area contributed by atoms with Crippen LogP contribution in [0.3, 0.4) is 0 Å². The zero-order chi connectivity index (χ0) is 17.1. The number of thioether (sulfide) groups is 1. The van der Waals surface area contributed by atoms with Crippen LogP contribution >= 0.6 is 24.0 Å². The topological polar surface area (TPSA) is 66.7 Å². The molecule has 0 unspecified atom stereocenters. The van der Waals surface area contributed by atoms with E-state index in [1.54, 1.807) is 23.1 Å². The number of nitro benzene ring substituents is 1. The van der Waals surface area contributed by atoms with E-state index in [0.717, 1.165) is 25.9 Å². The summed E-state index contributed by atoms with van der Waals surface area (Å²) < 4.78 is 0.544. The van der Waals surface area contributed by atoms with E-state index in [2.05, 4.69) is 4.90 Å². The highest BCUT2D eigenvalue weighted by molar-refractivity contribution is 8.26. The number of non-ortho nitro benzene ring substituents is 1. The quantitative estimate of drug-likeness (QED) is 0.354. The van der Waals surface area contributed by atoms with Crippen molar-refractivity contribution in [3.05, 3.63) is 44.8 Å². The third-order valence-electron chi connectivity index (χ3n) is 4.04. The lowest BCUT2D eigenvalue weighted by atomic mass is 10.1. The summed E-state index contributed by atoms with van der Waals surface area (Å²) >= 11 is 6.59. The average molecular weight is 363 g/mol. The first-order valence-electron chi connectivity index (χ1n) is 7.77. The van der Waals surface area contributed by atoms with Gasteiger partial charge in [-0.25, -0.2) is 0 Å². The Bertz CT molecular complexity index is 714. The molecule has 6 nitrogen and oxygen atoms in total. The van der Waals surface area contributed by atoms with Gasteiger partial charge in [-0.3, -0.25) is 24.7 Å². The maximum absolute atomic E-state index is 12.6. The van der Waals surface area contributed by atoms with Gasteiger partial charge in [0.25, 0.3) is 11.6 Å². The molecule has 2 saturated heterocycles. The molecule has 3 rings (SSSR count). The summed E-state index contributed by atoms with van der Waals surface area (Å²) in [6.45, 7) is 2.50. The first-order valence-corrected chi connectivity index (χ1v) is 8.99. The zero-order valence-corrected chi connectivity index (χ0v) is 14.6. The van der Waals surface area contributed by atoms with Gasteiger partial charge in [-0.05, 0) is 37.6 Å². The molecular weight excluding hydrogens is 346 g/mol. The number of nitrogens with zero attached hydrogens (tertiary/aromatic N) is 3. The maximum Gasteiger partial charge on any atom is 0.270 e. The molecule has 24 heavy (non-hydrogen) atoms. The van der Waals surface area contributed by atoms with E-state index in [0.29, 0.717) is 21.5 Å². The molecule has 0 N–H and O–H groups in total. The largest absolute Gasteiger partial charge is 0.286 e. The number of rotatable bonds is 4. The van der Waals surface area contributed by atoms with Crippen LogP contribution < -0.4 is 0 Å². The molecule has 0 atom stereocenters. The molecule has 1 aromatic rings. The molecule has 1 aromatic carbocycles. The van der Waals surface area contributed by atoms with Crippen LogP contribution in [0.1, 0.15) is 24.8 Å². The van der Waals surface area contributed by atoms with E-state index in [9.17, 15) is 14.9 Å². The van der Waals surface area contributed by atoms with Crippen LogP contribution in [0.2, 0.25) is 0 Å². The lowest BCUT2D eigenvalue weighted by molar-refractivity contribution is -0.384. The summed E-state index contributed by atoms with van der Waals surface area (Å²) in [5.74, 6) is -0.123. The third-order valence-corrected chi connectivity index (χ3v) is 5.42. The number of carbonyl (C=O) groups excluding carboxylic acids is 1. The number of hydrogen-bond acceptors (Lipinski definition) is 6. The Balaban J connectivity index is 1.75. The highest BCUT2D eigenvalue weighted by atomic mass is 32.2. The number of carbonyl (C=O) groups is 1. The van der Waals surface area contributed by atoms with Crippen molar-refractivity contribution in [3.8, 4) is 0 Å². The van der Waals surface area contributed by atoms with Crippen molar-refractivity contribution in [2.24, 2.45) is 0 Å². The van der Waals surface area contributed by atoms with Crippen molar-refractivity contribution in [1.82, 2.24) is 9.80 Å². The van der Waals surface area contributed by atoms with Gasteiger partial charge in [-0.1, -0.05) is 42.5 Å². The zero-order valence-electron chi connectivity index (χ0n) is 13.0. The van der Waals surface area contributed by atoms with E-state index in [1.807, 2.05) is 0 Å². The Labute approximate surface area is 149 Å². The minimum absolute atomic E-state index is 0.00699. The molecule has 0 saturated carbocycles. The van der Waals surface area contributed by atoms with E-state index in [-0.39, 0.29) is 11.6 Å². The second-order valence-electron chi connectivity index (χ2n) is 5.78. The summed E-state index contributed by atoms with van der Waals surface area (Å²) in [5.41, 5.74) is 0.634. The van der Waals surface area contributed by atoms with Crippen molar-refractivity contribution in [2.45, 2.75) is 19.3 Å². The van der Waals surface area contributed by atoms with Crippen molar-refractivity contribution >= 4 is 46.0 Å². The van der Waals surface area contributed by atoms with Crippen molar-refractivity contribution in [1.29, 1.82) is 0 Å². The van der Waals surface area contributed by atoms with Gasteiger partial charge in [-0.15, -0.1) is 0 Å². The van der Waals surface area contributed by atoms with Crippen molar-refractivity contribution in [3.63, 3.8) is 0 Å². The normalized spacial score (nSPS) is 20.8. The third kappa shape index (κ3) is 3.82. The number of benzene rings is 1. The highest BCUT2D eigenvalue weighted by Gasteiger charge is 2.33. The van der Waals surface area contributed by atoms with Crippen LogP contribution in [0.15, 0.2) is 29.2 Å². The Morgan fingerprint density at radius 3 is 2.75 bits per heavy atom. The van der Waals surface area contributed by atoms with Crippen LogP contribution in [-0.4, -0.2) is 44.7 Å². The van der Waals surface area contributed by atoms with Crippen molar-refractivity contribution in [2.75, 3.05) is 19.8 Å². The molecule has 2 heterocycles. The molecule has 0 spiro atoms. The van der Waals surface area contributed by atoms with E-state index in [4.69, 9.17) is 12.2 Å². The Kier molecular flexibility index (Phi) is 5.27. The molecule has 2 fully saturated rings. The number of hydrogen-bond donors (Lipinski definition) is 0. The van der Waals surface area contributed by atoms with Crippen molar-refractivity contribution < 1.29 is 9.72 Å². The summed E-state index contributed by atoms with van der Waals surface area (Å²) in [5, 5.41) is 10.9. The van der Waals surface area contributed by atoms with Gasteiger partial charge >= 0.3 is 0 Å². The summed E-state index contributed by atoms with van der Waals surface area (Å²) in [4.78, 5) is 27.4. The number of piperidine rings is 1. The SMILES string of the molecule is O=C1/C(=C/c2cccc([N+](=O)[O-])c2)SC(=S)N1CN1CCCCC1. The number of nitro groups is 1. The maximum atomic E-state index is 12.6. The van der Waals surface area contributed by atoms with Crippen LogP contribution in [0.4, 0.5) is 5.69 Å². The van der Waals surface area contributed by atoms with Gasteiger partial charge in [0.1, 0.15) is 4.32 Å². The first kappa shape index (κ1) is 17.1. The van der Waals surface area contributed by atoms with Crippen LogP contribution in [0.25, 0.3) is 6.08 Å². The Morgan fingerprint density at radius 1 is 1.29 bits per heavy atom. The van der Waals surface area contributed by atoms with Crippen LogP contribution in [0, 0.1) is 10.1 Å². The predicted molar refractivity (Wildman–Crippen MR) is 98.4 cm³/mol. The highest BCUT2D eigenvalue weighted by Crippen LogP contribution is 2.33. The fraction of sp³-hybridized carbons (Fsp3) is 0.375. The van der Waals surface area contributed by atoms with Gasteiger partial charge in [0.05, 0.1) is 16.5 Å². The number of amides is 1. The van der Waals surface area contributed by atoms with Gasteiger partial charge < -0.3 is 0 Å². The summed E-state index contributed by atoms with van der Waals surface area (Å²) in [7, 11) is 0. The smallest absolute Gasteiger partial charge is 0.270 e. The van der Waals surface area contributed by atoms with Gasteiger partial charge in [0.2, 0.25) is 0 Å². The summed E-state index contributed by atoms with van der Waals surface area (Å²) in [6, 6.07) is 6.23. The molecule has 2 aliphatic rings. The minimum Gasteiger partial charge on any atom is -0.286 e. The van der Waals surface area contributed by atoms with Crippen LogP contribution in [-0.2, 0) is 4.79 Å². The van der Waals surface area contributed by atoms with Gasteiger partial charge in [0.15, 0.2) is 0 Å². The van der Waals surface area contributed by atoms with Crippen LogP contribution in [0.5, 0.6) is 0 Å². The van der Waals surface area contributed by atoms with Gasteiger partial charge in [0, 0.05) is 12.1 Å². The van der Waals surface area contributed by atoms with E-state index < -0.39 is 4.92 Å². The fourth-order valence-corrected chi connectivity index (χ4v) is 4.04. The Morgan fingerprint density at radius 2 is 2.04 bits per heavy atom. The molecule has 2 aliphatic heterocycles. The summed E-state index contributed by atoms with van der Waals surface area (Å²) in [6.07, 6.45) is 5.21. The van der Waals surface area contributed by atoms with E-state index >= 15 is 0 Å². The molecule has 126 valence electrons. The number of thiocarbonyl (C=S) groups is 1. The van der Waals surface area contributed by atoms with E-state index in [1.165, 1.54) is 30.3 Å². The second-order valence-corrected chi connectivity index (χ2v) is 7.46. The van der Waals surface area contributed by atoms with Gasteiger partial charge in [-0.2, -0.15) is 0 Å². The molecule has 0 bridgehead atoms. The molecule has 1 amide bonds. The lowest BCUT2D eigenvalue weighted by Crippen LogP contribution is -2.42. The minimum atomic E-state index is -0.446. The second kappa shape index (κ2) is 7.42. The molecule has 0 radical (unpaired) electrons. The monoisotopic (exact) mass is 363 g/mol. The molecule has 0 aliphatic carbocycles. The molecule has 8 heteroatoms. The Hall–Kier alpha value is -1.77. The first-order chi connectivity index (χ1) is 11.5. The fourth-order valence-electron chi connectivity index (χ4n) is 2.80. The molecular formula is C16H17N3O3S2. The lowest BCUT2D eigenvalue weighted by Gasteiger charge is -2.29. The number of likely N-dealkylation sites (tertiary alicyclic amines) is 1. The predicted octanol–water partition coefficient (Wildman–Crippen LogP) is 3.24.